The zero-order valence-electron chi connectivity index (χ0n) is 26.6. The lowest BCUT2D eigenvalue weighted by Crippen LogP contribution is -2.48. The molecule has 1 aliphatic heterocycles. The fraction of sp³-hybridized carbons (Fsp3) is 0.400. The summed E-state index contributed by atoms with van der Waals surface area (Å²) < 4.78 is 28.0. The fourth-order valence-corrected chi connectivity index (χ4v) is 8.25. The molecule has 1 saturated heterocycles. The Hall–Kier alpha value is -4.26. The number of H-pyrrole nitrogens is 2. The standard InChI is InChI=1S/C35H42N6O5S/c1-22-4-14-28(47(45,46)41-16-2-3-17-41)20-30(22)25-9-5-23(6-10-25)18-32(38-33(42)26-11-7-24(21-36)8-12-26)35(44)37-27-13-15-29-31(19-27)39-40-34(29)43/h4-6,9-10,13-15,19-20,24,26,32H,2-3,7-8,11-12,16-18,21,36H2,1H3,(H,37,44)(H,38,42)(H2,39,40,43)/t24-,26-,32-/m0/s1. The molecule has 11 nitrogen and oxygen atoms in total. The Labute approximate surface area is 274 Å². The molecule has 4 aromatic rings. The molecule has 3 aromatic carbocycles. The van der Waals surface area contributed by atoms with Crippen LogP contribution in [0.1, 0.15) is 49.7 Å². The van der Waals surface area contributed by atoms with Gasteiger partial charge in [0.25, 0.3) is 5.56 Å². The first-order valence-corrected chi connectivity index (χ1v) is 17.8. The highest BCUT2D eigenvalue weighted by molar-refractivity contribution is 7.89. The molecule has 2 amide bonds. The van der Waals surface area contributed by atoms with Crippen LogP contribution in [0.15, 0.2) is 70.4 Å². The summed E-state index contributed by atoms with van der Waals surface area (Å²) in [5, 5.41) is 11.7. The summed E-state index contributed by atoms with van der Waals surface area (Å²) in [6.07, 6.45) is 5.25. The van der Waals surface area contributed by atoms with E-state index in [9.17, 15) is 22.8 Å². The van der Waals surface area contributed by atoms with Crippen LogP contribution in [0.2, 0.25) is 0 Å². The first-order valence-electron chi connectivity index (χ1n) is 16.3. The second-order valence-electron chi connectivity index (χ2n) is 12.8. The van der Waals surface area contributed by atoms with Gasteiger partial charge in [0.15, 0.2) is 0 Å². The topological polar surface area (TPSA) is 170 Å². The van der Waals surface area contributed by atoms with Gasteiger partial charge in [0.2, 0.25) is 21.8 Å². The van der Waals surface area contributed by atoms with Crippen LogP contribution in [0.4, 0.5) is 5.69 Å². The number of sulfonamides is 1. The van der Waals surface area contributed by atoms with Crippen LogP contribution in [-0.2, 0) is 26.0 Å². The minimum absolute atomic E-state index is 0.144. The number of hydrogen-bond acceptors (Lipinski definition) is 6. The van der Waals surface area contributed by atoms with Crippen LogP contribution in [0.25, 0.3) is 22.0 Å². The van der Waals surface area contributed by atoms with Crippen molar-refractivity contribution in [3.63, 3.8) is 0 Å². The number of nitrogens with two attached hydrogens (primary N) is 1. The second kappa shape index (κ2) is 13.8. The summed E-state index contributed by atoms with van der Waals surface area (Å²) in [5.41, 5.74) is 10.1. The third kappa shape index (κ3) is 7.19. The normalized spacial score (nSPS) is 19.4. The molecule has 47 heavy (non-hydrogen) atoms. The first-order chi connectivity index (χ1) is 22.6. The first kappa shape index (κ1) is 32.7. The van der Waals surface area contributed by atoms with Crippen molar-refractivity contribution in [2.45, 2.75) is 62.8 Å². The van der Waals surface area contributed by atoms with Crippen molar-refractivity contribution in [1.29, 1.82) is 0 Å². The molecule has 1 saturated carbocycles. The van der Waals surface area contributed by atoms with E-state index < -0.39 is 16.1 Å². The molecule has 0 unspecified atom stereocenters. The summed E-state index contributed by atoms with van der Waals surface area (Å²) >= 11 is 0. The van der Waals surface area contributed by atoms with Gasteiger partial charge in [-0.2, -0.15) is 4.31 Å². The Morgan fingerprint density at radius 2 is 1.68 bits per heavy atom. The molecule has 2 heterocycles. The third-order valence-corrected chi connectivity index (χ3v) is 11.5. The summed E-state index contributed by atoms with van der Waals surface area (Å²) in [6, 6.07) is 17.0. The number of amides is 2. The average molecular weight is 659 g/mol. The average Bonchev–Trinajstić information content (AvgIpc) is 3.76. The second-order valence-corrected chi connectivity index (χ2v) is 14.8. The van der Waals surface area contributed by atoms with Gasteiger partial charge >= 0.3 is 0 Å². The highest BCUT2D eigenvalue weighted by Gasteiger charge is 2.30. The van der Waals surface area contributed by atoms with E-state index in [2.05, 4.69) is 20.8 Å². The monoisotopic (exact) mass is 658 g/mol. The molecule has 2 aliphatic rings. The van der Waals surface area contributed by atoms with Gasteiger partial charge in [-0.1, -0.05) is 30.3 Å². The SMILES string of the molecule is Cc1ccc(S(=O)(=O)N2CCCC2)cc1-c1ccc(C[C@H](NC(=O)[C@H]2CC[C@H](CN)CC2)C(=O)Nc2ccc3c(=O)[nH][nH]c3c2)cc1. The molecule has 12 heteroatoms. The van der Waals surface area contributed by atoms with E-state index in [4.69, 9.17) is 5.73 Å². The molecule has 0 radical (unpaired) electrons. The number of aryl methyl sites for hydroxylation is 1. The predicted molar refractivity (Wildman–Crippen MR) is 182 cm³/mol. The molecule has 0 spiro atoms. The molecule has 1 aromatic heterocycles. The van der Waals surface area contributed by atoms with Crippen molar-refractivity contribution < 1.29 is 18.0 Å². The minimum Gasteiger partial charge on any atom is -0.344 e. The number of nitrogens with one attached hydrogen (secondary N) is 4. The Morgan fingerprint density at radius 1 is 0.957 bits per heavy atom. The van der Waals surface area contributed by atoms with E-state index in [1.54, 1.807) is 34.6 Å². The van der Waals surface area contributed by atoms with E-state index in [0.717, 1.165) is 60.8 Å². The molecule has 6 rings (SSSR count). The van der Waals surface area contributed by atoms with E-state index in [-0.39, 0.29) is 34.6 Å². The summed E-state index contributed by atoms with van der Waals surface area (Å²) in [4.78, 5) is 39.3. The number of benzene rings is 3. The smallest absolute Gasteiger partial charge is 0.271 e. The maximum absolute atomic E-state index is 13.7. The van der Waals surface area contributed by atoms with Crippen molar-refractivity contribution in [2.75, 3.05) is 25.0 Å². The van der Waals surface area contributed by atoms with Gasteiger partial charge in [-0.05, 0) is 110 Å². The minimum atomic E-state index is -3.56. The number of aromatic amines is 2. The highest BCUT2D eigenvalue weighted by Crippen LogP contribution is 2.30. The quantitative estimate of drug-likeness (QED) is 0.172. The van der Waals surface area contributed by atoms with Gasteiger partial charge in [-0.15, -0.1) is 0 Å². The van der Waals surface area contributed by atoms with Crippen molar-refractivity contribution in [1.82, 2.24) is 19.8 Å². The Bertz CT molecular complexity index is 1920. The lowest BCUT2D eigenvalue weighted by Gasteiger charge is -2.28. The van der Waals surface area contributed by atoms with Crippen LogP contribution in [-0.4, -0.2) is 60.4 Å². The van der Waals surface area contributed by atoms with Crippen LogP contribution >= 0.6 is 0 Å². The van der Waals surface area contributed by atoms with Gasteiger partial charge < -0.3 is 16.4 Å². The van der Waals surface area contributed by atoms with Crippen molar-refractivity contribution >= 4 is 38.4 Å². The largest absolute Gasteiger partial charge is 0.344 e. The van der Waals surface area contributed by atoms with Gasteiger partial charge in [-0.3, -0.25) is 24.6 Å². The van der Waals surface area contributed by atoms with Crippen molar-refractivity contribution in [3.8, 4) is 11.1 Å². The summed E-state index contributed by atoms with van der Waals surface area (Å²) in [7, 11) is -3.56. The molecular weight excluding hydrogens is 616 g/mol. The van der Waals surface area contributed by atoms with Gasteiger partial charge in [-0.25, -0.2) is 8.42 Å². The number of carbonyl (C=O) groups excluding carboxylic acids is 2. The van der Waals surface area contributed by atoms with Crippen LogP contribution in [0.5, 0.6) is 0 Å². The number of hydrogen-bond donors (Lipinski definition) is 5. The Balaban J connectivity index is 1.21. The number of carbonyl (C=O) groups is 2. The molecular formula is C35H42N6O5S. The van der Waals surface area contributed by atoms with E-state index >= 15 is 0 Å². The number of aromatic nitrogens is 2. The lowest BCUT2D eigenvalue weighted by atomic mass is 9.81. The predicted octanol–water partition coefficient (Wildman–Crippen LogP) is 4.05. The van der Waals surface area contributed by atoms with Crippen molar-refractivity contribution in [2.24, 2.45) is 17.6 Å². The maximum Gasteiger partial charge on any atom is 0.271 e. The van der Waals surface area contributed by atoms with Gasteiger partial charge in [0, 0.05) is 31.1 Å². The van der Waals surface area contributed by atoms with E-state index in [0.29, 0.717) is 42.1 Å². The zero-order chi connectivity index (χ0) is 33.1. The number of anilines is 1. The van der Waals surface area contributed by atoms with Crippen LogP contribution in [0, 0.1) is 18.8 Å². The summed E-state index contributed by atoms with van der Waals surface area (Å²) in [6.45, 7) is 3.65. The molecule has 2 fully saturated rings. The number of fused-ring (bicyclic) bond motifs is 1. The third-order valence-electron chi connectivity index (χ3n) is 9.64. The zero-order valence-corrected chi connectivity index (χ0v) is 27.4. The highest BCUT2D eigenvalue weighted by atomic mass is 32.2. The van der Waals surface area contributed by atoms with E-state index in [1.165, 1.54) is 0 Å². The molecule has 248 valence electrons. The summed E-state index contributed by atoms with van der Waals surface area (Å²) in [5.74, 6) is -0.264. The maximum atomic E-state index is 13.7. The number of rotatable bonds is 10. The van der Waals surface area contributed by atoms with E-state index in [1.807, 2.05) is 37.3 Å². The van der Waals surface area contributed by atoms with Crippen LogP contribution in [0.3, 0.4) is 0 Å². The lowest BCUT2D eigenvalue weighted by molar-refractivity contribution is -0.130. The molecule has 6 N–H and O–H groups in total. The Kier molecular flexibility index (Phi) is 9.62. The van der Waals surface area contributed by atoms with Gasteiger partial charge in [0.1, 0.15) is 6.04 Å². The molecule has 1 atom stereocenters. The van der Waals surface area contributed by atoms with Crippen molar-refractivity contribution in [3.05, 3.63) is 82.1 Å². The Morgan fingerprint density at radius 3 is 2.38 bits per heavy atom. The fourth-order valence-electron chi connectivity index (χ4n) is 6.71. The molecule has 0 bridgehead atoms. The number of nitrogens with zero attached hydrogens (tertiary/aromatic N) is 1. The molecule has 1 aliphatic carbocycles. The van der Waals surface area contributed by atoms with Gasteiger partial charge in [0.05, 0.1) is 15.8 Å². The van der Waals surface area contributed by atoms with Crippen LogP contribution < -0.4 is 21.9 Å².